The molecule has 5 aromatic heterocycles. The van der Waals surface area contributed by atoms with Gasteiger partial charge in [-0.25, -0.2) is 4.98 Å². The lowest BCUT2D eigenvalue weighted by molar-refractivity contribution is 0.334. The minimum Gasteiger partial charge on any atom is -0.480 e. The Balaban J connectivity index is 0.000000148. The lowest BCUT2D eigenvalue weighted by Crippen LogP contribution is -2.10. The Labute approximate surface area is 250 Å². The van der Waals surface area contributed by atoms with E-state index >= 15 is 0 Å². The lowest BCUT2D eigenvalue weighted by Gasteiger charge is -2.15. The van der Waals surface area contributed by atoms with Crippen molar-refractivity contribution in [2.24, 2.45) is 5.92 Å². The average molecular weight is 588 g/mol. The van der Waals surface area contributed by atoms with E-state index in [0.29, 0.717) is 34.5 Å². The molecule has 228 valence electrons. The van der Waals surface area contributed by atoms with E-state index in [-0.39, 0.29) is 22.8 Å². The van der Waals surface area contributed by atoms with Crippen LogP contribution in [0.2, 0.25) is 0 Å². The normalized spacial score (nSPS) is 12.6. The summed E-state index contributed by atoms with van der Waals surface area (Å²) in [5.74, 6) is 1.75. The number of nitrogens with two attached hydrogens (primary N) is 2. The van der Waals surface area contributed by atoms with Crippen molar-refractivity contribution in [1.82, 2.24) is 15.0 Å². The Morgan fingerprint density at radius 1 is 1.02 bits per heavy atom. The second-order valence-corrected chi connectivity index (χ2v) is 12.0. The smallest absolute Gasteiger partial charge is 0.286 e. The Kier molecular flexibility index (Phi) is 8.84. The van der Waals surface area contributed by atoms with Gasteiger partial charge in [0.25, 0.3) is 11.5 Å². The van der Waals surface area contributed by atoms with Crippen LogP contribution in [0.5, 0.6) is 5.95 Å². The van der Waals surface area contributed by atoms with Crippen LogP contribution in [-0.2, 0) is 11.8 Å². The number of nitrogens with zero attached hydrogens (tertiary/aromatic N) is 3. The number of hydrogen-bond acceptors (Lipinski definition) is 11. The molecule has 0 atom stereocenters. The Morgan fingerprint density at radius 2 is 1.74 bits per heavy atom. The highest BCUT2D eigenvalue weighted by atomic mass is 16.5. The molecule has 0 saturated carbocycles. The predicted molar refractivity (Wildman–Crippen MR) is 170 cm³/mol. The number of rotatable bonds is 3. The molecule has 0 radical (unpaired) electrons. The topological polar surface area (TPSA) is 186 Å². The van der Waals surface area contributed by atoms with E-state index in [0.717, 1.165) is 39.7 Å². The molecule has 0 saturated heterocycles. The van der Waals surface area contributed by atoms with Crippen molar-refractivity contribution in [2.75, 3.05) is 23.8 Å². The van der Waals surface area contributed by atoms with E-state index in [1.54, 1.807) is 31.6 Å². The number of nitrogens with one attached hydrogen (secondary N) is 2. The first kappa shape index (κ1) is 31.1. The van der Waals surface area contributed by atoms with Crippen LogP contribution < -0.4 is 22.3 Å². The van der Waals surface area contributed by atoms with Crippen molar-refractivity contribution in [3.05, 3.63) is 64.4 Å². The largest absolute Gasteiger partial charge is 0.480 e. The predicted octanol–water partition coefficient (Wildman–Crippen LogP) is 6.74. The molecule has 5 aromatic rings. The van der Waals surface area contributed by atoms with E-state index in [2.05, 4.69) is 61.0 Å². The molecular weight excluding hydrogens is 546 g/mol. The van der Waals surface area contributed by atoms with Gasteiger partial charge in [0.1, 0.15) is 11.3 Å². The molecule has 0 unspecified atom stereocenters. The number of hydrogen-bond donors (Lipinski definition) is 5. The highest BCUT2D eigenvalue weighted by molar-refractivity contribution is 5.87. The summed E-state index contributed by atoms with van der Waals surface area (Å²) in [6.07, 6.45) is 7.89. The molecule has 11 nitrogen and oxygen atoms in total. The first-order valence-corrected chi connectivity index (χ1v) is 14.2. The lowest BCUT2D eigenvalue weighted by atomic mass is 9.88. The van der Waals surface area contributed by atoms with Crippen molar-refractivity contribution in [3.63, 3.8) is 0 Å². The molecule has 1 aliphatic rings. The van der Waals surface area contributed by atoms with E-state index in [9.17, 15) is 5.11 Å². The summed E-state index contributed by atoms with van der Waals surface area (Å²) in [5, 5.41) is 20.6. The maximum Gasteiger partial charge on any atom is 0.286 e. The molecule has 1 aliphatic carbocycles. The fourth-order valence-corrected chi connectivity index (χ4v) is 4.78. The fraction of sp³-hybridized carbons (Fsp3) is 0.375. The quantitative estimate of drug-likeness (QED) is 0.151. The van der Waals surface area contributed by atoms with Gasteiger partial charge in [0.15, 0.2) is 5.58 Å². The first-order valence-electron chi connectivity index (χ1n) is 14.2. The average Bonchev–Trinajstić information content (AvgIpc) is 3.65. The highest BCUT2D eigenvalue weighted by Gasteiger charge is 2.22. The minimum atomic E-state index is -0.120. The highest BCUT2D eigenvalue weighted by Crippen LogP contribution is 2.35. The fourth-order valence-electron chi connectivity index (χ4n) is 4.78. The maximum atomic E-state index is 9.54. The number of aromatic hydroxyl groups is 1. The van der Waals surface area contributed by atoms with E-state index in [1.807, 2.05) is 13.8 Å². The summed E-state index contributed by atoms with van der Waals surface area (Å²) in [6.45, 7) is 14.7. The number of fused-ring (bicyclic) bond motifs is 3. The van der Waals surface area contributed by atoms with Crippen molar-refractivity contribution >= 4 is 45.6 Å². The van der Waals surface area contributed by atoms with E-state index in [1.165, 1.54) is 11.8 Å². The molecule has 11 heteroatoms. The van der Waals surface area contributed by atoms with Gasteiger partial charge in [-0.1, -0.05) is 54.0 Å². The molecule has 0 fully saturated rings. The van der Waals surface area contributed by atoms with Gasteiger partial charge in [-0.15, -0.1) is 0 Å². The summed E-state index contributed by atoms with van der Waals surface area (Å²) in [6, 6.07) is 3.45. The van der Waals surface area contributed by atoms with Crippen molar-refractivity contribution < 1.29 is 18.4 Å². The van der Waals surface area contributed by atoms with Crippen LogP contribution >= 0.6 is 0 Å². The SMILES string of the molecule is CC(C)(C)c1coc2c(N)ccnc12.CC(C)c1c(O)oc2c(=N)occc12.CNc1nc(N)c2c(n1)C=C(C(C)C)C2. The number of anilines is 3. The van der Waals surface area contributed by atoms with Crippen LogP contribution in [0.15, 0.2) is 49.7 Å². The van der Waals surface area contributed by atoms with Crippen LogP contribution in [0.25, 0.3) is 28.1 Å². The van der Waals surface area contributed by atoms with Gasteiger partial charge in [-0.3, -0.25) is 10.4 Å². The van der Waals surface area contributed by atoms with Gasteiger partial charge in [0, 0.05) is 35.3 Å². The third kappa shape index (κ3) is 6.50. The zero-order valence-electron chi connectivity index (χ0n) is 26.0. The molecule has 0 aliphatic heterocycles. The Bertz CT molecular complexity index is 1840. The summed E-state index contributed by atoms with van der Waals surface area (Å²) < 4.78 is 15.3. The third-order valence-corrected chi connectivity index (χ3v) is 7.20. The van der Waals surface area contributed by atoms with Crippen LogP contribution in [-0.4, -0.2) is 27.1 Å². The molecule has 0 spiro atoms. The Morgan fingerprint density at radius 3 is 2.37 bits per heavy atom. The minimum absolute atomic E-state index is 0.0338. The zero-order valence-corrected chi connectivity index (χ0v) is 26.0. The van der Waals surface area contributed by atoms with Crippen LogP contribution in [0.1, 0.15) is 76.8 Å². The number of furan rings is 2. The van der Waals surface area contributed by atoms with Gasteiger partial charge in [-0.2, -0.15) is 4.98 Å². The third-order valence-electron chi connectivity index (χ3n) is 7.20. The molecule has 0 bridgehead atoms. The molecular formula is C32H41N7O4. The van der Waals surface area contributed by atoms with Gasteiger partial charge in [0.05, 0.1) is 23.9 Å². The standard InChI is InChI=1S/C11H16N4.C11H14N2O.C10H11NO3/c1-6(2)7-4-8-9(5-7)14-11(13-3)15-10(8)12;1-11(2,3)7-6-14-10-8(12)4-5-13-9(7)10;1-5(2)7-6-3-4-13-9(11)8(6)14-10(7)12/h5-6H,4H2,1-3H3,(H3,12,13,14,15);4-6H,1-3H3,(H2,12,13);3-5,11-12H,1-2H3. The second kappa shape index (κ2) is 12.2. The molecule has 0 amide bonds. The van der Waals surface area contributed by atoms with E-state index < -0.39 is 0 Å². The van der Waals surface area contributed by atoms with Gasteiger partial charge >= 0.3 is 0 Å². The monoisotopic (exact) mass is 587 g/mol. The number of allylic oxidation sites excluding steroid dienone is 1. The van der Waals surface area contributed by atoms with Crippen LogP contribution in [0, 0.1) is 11.3 Å². The van der Waals surface area contributed by atoms with Crippen molar-refractivity contribution in [1.29, 1.82) is 5.41 Å². The molecule has 6 rings (SSSR count). The van der Waals surface area contributed by atoms with Crippen molar-refractivity contribution in [3.8, 4) is 5.95 Å². The number of nitrogen functional groups attached to an aromatic ring is 2. The van der Waals surface area contributed by atoms with Crippen molar-refractivity contribution in [2.45, 2.75) is 66.2 Å². The maximum absolute atomic E-state index is 9.54. The number of pyridine rings is 1. The molecule has 0 aromatic carbocycles. The van der Waals surface area contributed by atoms with Crippen LogP contribution in [0.4, 0.5) is 17.5 Å². The molecule has 43 heavy (non-hydrogen) atoms. The van der Waals surface area contributed by atoms with Gasteiger partial charge in [-0.05, 0) is 41.9 Å². The second-order valence-electron chi connectivity index (χ2n) is 12.0. The van der Waals surface area contributed by atoms with Gasteiger partial charge in [0.2, 0.25) is 11.5 Å². The zero-order chi connectivity index (χ0) is 31.6. The molecule has 7 N–H and O–H groups in total. The first-order chi connectivity index (χ1) is 20.2. The summed E-state index contributed by atoms with van der Waals surface area (Å²) in [5.41, 5.74) is 19.4. The molecule has 5 heterocycles. The summed E-state index contributed by atoms with van der Waals surface area (Å²) in [7, 11) is 1.79. The Hall–Kier alpha value is -4.80. The number of aromatic nitrogens is 3. The van der Waals surface area contributed by atoms with Gasteiger partial charge < -0.3 is 35.1 Å². The van der Waals surface area contributed by atoms with Crippen LogP contribution in [0.3, 0.4) is 0 Å². The summed E-state index contributed by atoms with van der Waals surface area (Å²) >= 11 is 0. The van der Waals surface area contributed by atoms with E-state index in [4.69, 9.17) is 30.1 Å². The summed E-state index contributed by atoms with van der Waals surface area (Å²) in [4.78, 5) is 12.9.